The van der Waals surface area contributed by atoms with Gasteiger partial charge in [-0.15, -0.1) is 0 Å². The maximum atomic E-state index is 12.8. The van der Waals surface area contributed by atoms with Crippen molar-refractivity contribution in [2.75, 3.05) is 6.54 Å². The second kappa shape index (κ2) is 13.6. The minimum absolute atomic E-state index is 0.193. The Morgan fingerprint density at radius 1 is 0.742 bits per heavy atom. The standard InChI is InChI=1S/C20H36N4O7/c1-7-11(5)16(19(30)21-9-14(26)27)24-20(31)15(10(3)4)23-17(28)12(6)22-18(29)13(25)8-2/h10-13,15-16,25H,7-9H2,1-6H3,(H,21,30)(H,22,29)(H,23,28)(H,24,31)(H,26,27)/t11-,12-,13?,15-,16-/m0/s1. The van der Waals surface area contributed by atoms with Gasteiger partial charge in [-0.2, -0.15) is 0 Å². The van der Waals surface area contributed by atoms with Crippen molar-refractivity contribution in [2.24, 2.45) is 11.8 Å². The predicted octanol–water partition coefficient (Wildman–Crippen LogP) is -0.865. The molecule has 0 fully saturated rings. The molecule has 0 aliphatic carbocycles. The first-order valence-electron chi connectivity index (χ1n) is 10.4. The Morgan fingerprint density at radius 3 is 1.74 bits per heavy atom. The molecule has 0 aromatic heterocycles. The minimum Gasteiger partial charge on any atom is -0.480 e. The van der Waals surface area contributed by atoms with Crippen molar-refractivity contribution in [3.8, 4) is 0 Å². The van der Waals surface area contributed by atoms with E-state index in [0.29, 0.717) is 6.42 Å². The number of carboxylic acid groups (broad SMARTS) is 1. The molecule has 0 bridgehead atoms. The summed E-state index contributed by atoms with van der Waals surface area (Å²) in [5.41, 5.74) is 0. The quantitative estimate of drug-likeness (QED) is 0.214. The molecule has 1 unspecified atom stereocenters. The summed E-state index contributed by atoms with van der Waals surface area (Å²) in [5.74, 6) is -4.38. The van der Waals surface area contributed by atoms with Gasteiger partial charge in [0.1, 0.15) is 30.8 Å². The first-order chi connectivity index (χ1) is 14.3. The van der Waals surface area contributed by atoms with Crippen molar-refractivity contribution in [3.05, 3.63) is 0 Å². The molecule has 0 spiro atoms. The van der Waals surface area contributed by atoms with Gasteiger partial charge in [0.25, 0.3) is 0 Å². The van der Waals surface area contributed by atoms with Crippen molar-refractivity contribution < 1.29 is 34.2 Å². The van der Waals surface area contributed by atoms with Gasteiger partial charge in [0.15, 0.2) is 0 Å². The van der Waals surface area contributed by atoms with Gasteiger partial charge in [-0.3, -0.25) is 24.0 Å². The van der Waals surface area contributed by atoms with Crippen LogP contribution in [0.3, 0.4) is 0 Å². The fourth-order valence-electron chi connectivity index (χ4n) is 2.59. The summed E-state index contributed by atoms with van der Waals surface area (Å²) in [6, 6.07) is -2.97. The second-order valence-corrected chi connectivity index (χ2v) is 7.87. The van der Waals surface area contributed by atoms with Crippen LogP contribution in [0.15, 0.2) is 0 Å². The lowest BCUT2D eigenvalue weighted by Gasteiger charge is -2.28. The van der Waals surface area contributed by atoms with Gasteiger partial charge in [-0.05, 0) is 25.2 Å². The molecule has 0 heterocycles. The van der Waals surface area contributed by atoms with Gasteiger partial charge in [-0.25, -0.2) is 0 Å². The Hall–Kier alpha value is -2.69. The Balaban J connectivity index is 5.26. The van der Waals surface area contributed by atoms with Gasteiger partial charge in [0.2, 0.25) is 23.6 Å². The first-order valence-corrected chi connectivity index (χ1v) is 10.4. The number of hydrogen-bond acceptors (Lipinski definition) is 6. The average Bonchev–Trinajstić information content (AvgIpc) is 2.71. The van der Waals surface area contributed by atoms with Crippen molar-refractivity contribution in [1.82, 2.24) is 21.3 Å². The summed E-state index contributed by atoms with van der Waals surface area (Å²) in [5, 5.41) is 28.1. The highest BCUT2D eigenvalue weighted by Crippen LogP contribution is 2.10. The number of aliphatic carboxylic acids is 1. The van der Waals surface area contributed by atoms with Crippen LogP contribution in [0, 0.1) is 11.8 Å². The van der Waals surface area contributed by atoms with Crippen molar-refractivity contribution >= 4 is 29.6 Å². The molecule has 0 saturated heterocycles. The molecule has 0 saturated carbocycles. The van der Waals surface area contributed by atoms with E-state index in [4.69, 9.17) is 5.11 Å². The Labute approximate surface area is 182 Å². The van der Waals surface area contributed by atoms with E-state index in [-0.39, 0.29) is 18.3 Å². The number of nitrogens with one attached hydrogen (secondary N) is 4. The third-order valence-electron chi connectivity index (χ3n) is 4.90. The van der Waals surface area contributed by atoms with Crippen molar-refractivity contribution in [1.29, 1.82) is 0 Å². The SMILES string of the molecule is CCC(O)C(=O)N[C@@H](C)C(=O)N[C@H](C(=O)N[C@H](C(=O)NCC(=O)O)[C@@H](C)CC)C(C)C. The zero-order valence-electron chi connectivity index (χ0n) is 19.0. The number of rotatable bonds is 13. The molecular weight excluding hydrogens is 408 g/mol. The van der Waals surface area contributed by atoms with E-state index in [9.17, 15) is 29.1 Å². The van der Waals surface area contributed by atoms with Crippen LogP contribution in [-0.2, 0) is 24.0 Å². The largest absolute Gasteiger partial charge is 0.480 e. The molecule has 0 aromatic rings. The van der Waals surface area contributed by atoms with Crippen molar-refractivity contribution in [2.45, 2.75) is 78.6 Å². The number of aliphatic hydroxyl groups is 1. The van der Waals surface area contributed by atoms with E-state index < -0.39 is 60.4 Å². The molecule has 0 aromatic carbocycles. The summed E-state index contributed by atoms with van der Waals surface area (Å²) in [6.45, 7) is 9.44. The van der Waals surface area contributed by atoms with E-state index in [1.165, 1.54) is 6.92 Å². The number of amides is 4. The van der Waals surface area contributed by atoms with Crippen LogP contribution >= 0.6 is 0 Å². The van der Waals surface area contributed by atoms with Crippen LogP contribution < -0.4 is 21.3 Å². The molecule has 0 aliphatic rings. The lowest BCUT2D eigenvalue weighted by atomic mass is 9.96. The fourth-order valence-corrected chi connectivity index (χ4v) is 2.59. The molecule has 6 N–H and O–H groups in total. The highest BCUT2D eigenvalue weighted by atomic mass is 16.4. The van der Waals surface area contributed by atoms with Crippen LogP contribution in [0.2, 0.25) is 0 Å². The monoisotopic (exact) mass is 444 g/mol. The summed E-state index contributed by atoms with van der Waals surface area (Å²) >= 11 is 0. The topological polar surface area (TPSA) is 174 Å². The van der Waals surface area contributed by atoms with Gasteiger partial charge in [-0.1, -0.05) is 41.0 Å². The maximum absolute atomic E-state index is 12.8. The molecule has 11 nitrogen and oxygen atoms in total. The highest BCUT2D eigenvalue weighted by Gasteiger charge is 2.32. The summed E-state index contributed by atoms with van der Waals surface area (Å²) in [6.07, 6.45) is -0.495. The van der Waals surface area contributed by atoms with Gasteiger partial charge < -0.3 is 31.5 Å². The third kappa shape index (κ3) is 9.77. The molecule has 4 amide bonds. The summed E-state index contributed by atoms with van der Waals surface area (Å²) < 4.78 is 0. The number of hydrogen-bond donors (Lipinski definition) is 6. The molecule has 178 valence electrons. The third-order valence-corrected chi connectivity index (χ3v) is 4.90. The number of carbonyl (C=O) groups is 5. The van der Waals surface area contributed by atoms with Crippen LogP contribution in [0.5, 0.6) is 0 Å². The molecule has 0 rings (SSSR count). The molecule has 11 heteroatoms. The second-order valence-electron chi connectivity index (χ2n) is 7.87. The highest BCUT2D eigenvalue weighted by molar-refractivity contribution is 5.95. The van der Waals surface area contributed by atoms with Crippen LogP contribution in [0.1, 0.15) is 54.4 Å². The number of aliphatic hydroxyl groups excluding tert-OH is 1. The smallest absolute Gasteiger partial charge is 0.322 e. The maximum Gasteiger partial charge on any atom is 0.322 e. The van der Waals surface area contributed by atoms with E-state index in [2.05, 4.69) is 21.3 Å². The predicted molar refractivity (Wildman–Crippen MR) is 113 cm³/mol. The van der Waals surface area contributed by atoms with E-state index in [0.717, 1.165) is 0 Å². The molecular formula is C20H36N4O7. The van der Waals surface area contributed by atoms with Crippen LogP contribution in [0.25, 0.3) is 0 Å². The molecule has 0 radical (unpaired) electrons. The lowest BCUT2D eigenvalue weighted by Crippen LogP contribution is -2.59. The number of carbonyl (C=O) groups excluding carboxylic acids is 4. The lowest BCUT2D eigenvalue weighted by molar-refractivity contribution is -0.139. The Morgan fingerprint density at radius 2 is 1.29 bits per heavy atom. The summed E-state index contributed by atoms with van der Waals surface area (Å²) in [4.78, 5) is 60.2. The molecule has 0 aliphatic heterocycles. The van der Waals surface area contributed by atoms with Crippen LogP contribution in [-0.4, -0.2) is 70.6 Å². The van der Waals surface area contributed by atoms with Gasteiger partial charge in [0, 0.05) is 0 Å². The normalized spacial score (nSPS) is 15.7. The van der Waals surface area contributed by atoms with E-state index >= 15 is 0 Å². The number of carboxylic acids is 1. The van der Waals surface area contributed by atoms with Gasteiger partial charge >= 0.3 is 5.97 Å². The summed E-state index contributed by atoms with van der Waals surface area (Å²) in [7, 11) is 0. The van der Waals surface area contributed by atoms with E-state index in [1.54, 1.807) is 27.7 Å². The Kier molecular flexibility index (Phi) is 12.4. The van der Waals surface area contributed by atoms with Gasteiger partial charge in [0.05, 0.1) is 0 Å². The zero-order chi connectivity index (χ0) is 24.3. The molecule has 5 atom stereocenters. The zero-order valence-corrected chi connectivity index (χ0v) is 19.0. The minimum atomic E-state index is -1.24. The van der Waals surface area contributed by atoms with E-state index in [1.807, 2.05) is 6.92 Å². The first kappa shape index (κ1) is 28.3. The van der Waals surface area contributed by atoms with Crippen LogP contribution in [0.4, 0.5) is 0 Å². The fraction of sp³-hybridized carbons (Fsp3) is 0.750. The Bertz CT molecular complexity index is 653. The molecule has 31 heavy (non-hydrogen) atoms. The van der Waals surface area contributed by atoms with Crippen molar-refractivity contribution in [3.63, 3.8) is 0 Å². The average molecular weight is 445 g/mol.